The number of amides is 1. The van der Waals surface area contributed by atoms with Crippen molar-refractivity contribution in [3.05, 3.63) is 64.8 Å². The summed E-state index contributed by atoms with van der Waals surface area (Å²) in [5.74, 6) is 1.40. The molecule has 1 aliphatic heterocycles. The van der Waals surface area contributed by atoms with Gasteiger partial charge in [-0.3, -0.25) is 9.89 Å². The molecule has 174 valence electrons. The van der Waals surface area contributed by atoms with Crippen LogP contribution in [0.3, 0.4) is 0 Å². The Morgan fingerprint density at radius 1 is 1.03 bits per heavy atom. The Kier molecular flexibility index (Phi) is 7.02. The highest BCUT2D eigenvalue weighted by molar-refractivity contribution is 6.00. The number of hydrogen-bond donors (Lipinski definition) is 1. The normalized spacial score (nSPS) is 15.1. The molecule has 0 spiro atoms. The average Bonchev–Trinajstić information content (AvgIpc) is 3.37. The second-order valence-electron chi connectivity index (χ2n) is 8.59. The molecule has 0 bridgehead atoms. The second kappa shape index (κ2) is 10.1. The van der Waals surface area contributed by atoms with Crippen LogP contribution < -0.4 is 9.47 Å². The number of ether oxygens (including phenoxy) is 2. The zero-order valence-electron chi connectivity index (χ0n) is 20.0. The van der Waals surface area contributed by atoms with E-state index in [0.29, 0.717) is 24.6 Å². The Labute approximate surface area is 195 Å². The van der Waals surface area contributed by atoms with Gasteiger partial charge in [0.25, 0.3) is 5.91 Å². The summed E-state index contributed by atoms with van der Waals surface area (Å²) in [5.41, 5.74) is 5.52. The van der Waals surface area contributed by atoms with Crippen molar-refractivity contribution in [2.45, 2.75) is 52.5 Å². The van der Waals surface area contributed by atoms with E-state index in [0.717, 1.165) is 53.8 Å². The van der Waals surface area contributed by atoms with E-state index in [1.807, 2.05) is 23.1 Å². The van der Waals surface area contributed by atoms with Crippen molar-refractivity contribution in [1.82, 2.24) is 15.1 Å². The zero-order valence-corrected chi connectivity index (χ0v) is 20.0. The molecule has 3 aromatic rings. The summed E-state index contributed by atoms with van der Waals surface area (Å²) in [7, 11) is 1.65. The Bertz CT molecular complexity index is 1100. The molecule has 0 fully saturated rings. The second-order valence-corrected chi connectivity index (χ2v) is 8.59. The van der Waals surface area contributed by atoms with Crippen molar-refractivity contribution in [1.29, 1.82) is 0 Å². The minimum Gasteiger partial charge on any atom is -0.493 e. The molecule has 33 heavy (non-hydrogen) atoms. The number of carbonyl (C=O) groups excluding carboxylic acids is 1. The van der Waals surface area contributed by atoms with Gasteiger partial charge in [0.05, 0.1) is 25.5 Å². The van der Waals surface area contributed by atoms with Crippen LogP contribution in [0.4, 0.5) is 0 Å². The number of aromatic amines is 1. The minimum atomic E-state index is -0.228. The maximum absolute atomic E-state index is 13.4. The first-order chi connectivity index (χ1) is 16.1. The summed E-state index contributed by atoms with van der Waals surface area (Å²) in [4.78, 5) is 15.4. The van der Waals surface area contributed by atoms with Gasteiger partial charge in [-0.1, -0.05) is 62.6 Å². The molecule has 0 aliphatic carbocycles. The lowest BCUT2D eigenvalue weighted by molar-refractivity contribution is 0.0740. The Morgan fingerprint density at radius 3 is 2.52 bits per heavy atom. The van der Waals surface area contributed by atoms with Gasteiger partial charge in [-0.05, 0) is 37.5 Å². The molecule has 0 saturated heterocycles. The fraction of sp³-hybridized carbons (Fsp3) is 0.407. The molecule has 0 saturated carbocycles. The number of hydrogen-bond acceptors (Lipinski definition) is 4. The first-order valence-electron chi connectivity index (χ1n) is 11.9. The van der Waals surface area contributed by atoms with Crippen molar-refractivity contribution in [2.75, 3.05) is 20.3 Å². The van der Waals surface area contributed by atoms with Crippen LogP contribution in [0.15, 0.2) is 42.5 Å². The van der Waals surface area contributed by atoms with E-state index in [-0.39, 0.29) is 11.9 Å². The quantitative estimate of drug-likeness (QED) is 0.392. The van der Waals surface area contributed by atoms with Gasteiger partial charge in [-0.15, -0.1) is 0 Å². The van der Waals surface area contributed by atoms with E-state index in [2.05, 4.69) is 55.2 Å². The van der Waals surface area contributed by atoms with Gasteiger partial charge in [-0.25, -0.2) is 0 Å². The predicted molar refractivity (Wildman–Crippen MR) is 130 cm³/mol. The van der Waals surface area contributed by atoms with E-state index in [9.17, 15) is 4.79 Å². The number of unbranched alkanes of at least 4 members (excludes halogenated alkanes) is 2. The van der Waals surface area contributed by atoms with Crippen LogP contribution in [-0.4, -0.2) is 41.3 Å². The van der Waals surface area contributed by atoms with Crippen LogP contribution in [-0.2, 0) is 0 Å². The van der Waals surface area contributed by atoms with Crippen molar-refractivity contribution < 1.29 is 14.3 Å². The predicted octanol–water partition coefficient (Wildman–Crippen LogP) is 5.92. The molecule has 1 amide bonds. The third-order valence-corrected chi connectivity index (χ3v) is 6.16. The summed E-state index contributed by atoms with van der Waals surface area (Å²) in [5, 5.41) is 7.61. The maximum Gasteiger partial charge on any atom is 0.273 e. The molecule has 2 aromatic carbocycles. The molecule has 0 radical (unpaired) electrons. The monoisotopic (exact) mass is 447 g/mol. The summed E-state index contributed by atoms with van der Waals surface area (Å²) < 4.78 is 11.5. The highest BCUT2D eigenvalue weighted by Crippen LogP contribution is 2.44. The van der Waals surface area contributed by atoms with Crippen LogP contribution in [0.2, 0.25) is 0 Å². The Balaban J connectivity index is 1.79. The number of H-pyrrole nitrogens is 1. The zero-order chi connectivity index (χ0) is 23.4. The number of rotatable bonds is 10. The van der Waals surface area contributed by atoms with E-state index in [1.54, 1.807) is 7.11 Å². The average molecular weight is 448 g/mol. The molecular formula is C27H33N3O3. The summed E-state index contributed by atoms with van der Waals surface area (Å²) in [6, 6.07) is 14.0. The first-order valence-corrected chi connectivity index (χ1v) is 11.9. The van der Waals surface area contributed by atoms with Gasteiger partial charge >= 0.3 is 0 Å². The van der Waals surface area contributed by atoms with Crippen molar-refractivity contribution in [3.8, 4) is 22.8 Å². The number of aromatic nitrogens is 2. The van der Waals surface area contributed by atoms with Crippen LogP contribution >= 0.6 is 0 Å². The number of aryl methyl sites for hydroxylation is 1. The first kappa shape index (κ1) is 22.9. The molecular weight excluding hydrogens is 414 g/mol. The van der Waals surface area contributed by atoms with Gasteiger partial charge in [-0.2, -0.15) is 5.10 Å². The van der Waals surface area contributed by atoms with Crippen molar-refractivity contribution in [3.63, 3.8) is 0 Å². The third kappa shape index (κ3) is 4.47. The molecule has 1 atom stereocenters. The lowest BCUT2D eigenvalue weighted by Crippen LogP contribution is -2.30. The molecule has 6 heteroatoms. The van der Waals surface area contributed by atoms with Gasteiger partial charge in [0, 0.05) is 17.7 Å². The minimum absolute atomic E-state index is 0.00208. The number of benzene rings is 2. The van der Waals surface area contributed by atoms with Crippen LogP contribution in [0.1, 0.15) is 72.8 Å². The van der Waals surface area contributed by atoms with Gasteiger partial charge in [0.15, 0.2) is 11.5 Å². The molecule has 1 aliphatic rings. The number of carbonyl (C=O) groups is 1. The van der Waals surface area contributed by atoms with Crippen LogP contribution in [0, 0.1) is 6.92 Å². The van der Waals surface area contributed by atoms with Crippen molar-refractivity contribution >= 4 is 5.91 Å². The summed E-state index contributed by atoms with van der Waals surface area (Å²) >= 11 is 0. The summed E-state index contributed by atoms with van der Waals surface area (Å²) in [6.07, 6.45) is 4.07. The lowest BCUT2D eigenvalue weighted by atomic mass is 9.95. The van der Waals surface area contributed by atoms with E-state index < -0.39 is 0 Å². The lowest BCUT2D eigenvalue weighted by Gasteiger charge is -2.27. The van der Waals surface area contributed by atoms with E-state index in [1.165, 1.54) is 5.56 Å². The topological polar surface area (TPSA) is 67.5 Å². The third-order valence-electron chi connectivity index (χ3n) is 6.16. The number of methoxy groups -OCH3 is 1. The molecule has 1 N–H and O–H groups in total. The van der Waals surface area contributed by atoms with Gasteiger partial charge < -0.3 is 14.4 Å². The van der Waals surface area contributed by atoms with Gasteiger partial charge in [0.1, 0.15) is 5.69 Å². The highest BCUT2D eigenvalue weighted by atomic mass is 16.5. The molecule has 1 aromatic heterocycles. The maximum atomic E-state index is 13.4. The largest absolute Gasteiger partial charge is 0.493 e. The van der Waals surface area contributed by atoms with Crippen LogP contribution in [0.5, 0.6) is 11.5 Å². The molecule has 2 heterocycles. The molecule has 4 rings (SSSR count). The molecule has 6 nitrogen and oxygen atoms in total. The summed E-state index contributed by atoms with van der Waals surface area (Å²) in [6.45, 7) is 7.64. The number of nitrogens with zero attached hydrogens (tertiary/aromatic N) is 2. The highest BCUT2D eigenvalue weighted by Gasteiger charge is 2.42. The smallest absolute Gasteiger partial charge is 0.273 e. The number of fused-ring (bicyclic) bond motifs is 1. The number of nitrogens with one attached hydrogen (secondary N) is 1. The van der Waals surface area contributed by atoms with E-state index >= 15 is 0 Å². The van der Waals surface area contributed by atoms with Crippen molar-refractivity contribution in [2.24, 2.45) is 0 Å². The molecule has 1 unspecified atom stereocenters. The Morgan fingerprint density at radius 2 is 1.82 bits per heavy atom. The SMILES string of the molecule is CCCCCN1C(=O)c2[nH]nc(-c3ccc(C)cc3)c2C1c1ccc(OCCC)c(OC)c1. The Hall–Kier alpha value is -3.28. The van der Waals surface area contributed by atoms with Gasteiger partial charge in [0.2, 0.25) is 0 Å². The van der Waals surface area contributed by atoms with Crippen LogP contribution in [0.25, 0.3) is 11.3 Å². The standard InChI is InChI=1S/C27H33N3O3/c1-5-7-8-15-30-26(20-13-14-21(33-16-6-2)22(17-20)32-4)23-24(28-29-25(23)27(30)31)19-11-9-18(3)10-12-19/h9-14,17,26H,5-8,15-16H2,1-4H3,(H,28,29). The van der Waals surface area contributed by atoms with E-state index in [4.69, 9.17) is 9.47 Å². The fourth-order valence-corrected chi connectivity index (χ4v) is 4.42. The fourth-order valence-electron chi connectivity index (χ4n) is 4.42.